The molecule has 0 saturated carbocycles. The Morgan fingerprint density at radius 3 is 2.92 bits per heavy atom. The third-order valence-electron chi connectivity index (χ3n) is 5.74. The summed E-state index contributed by atoms with van der Waals surface area (Å²) in [7, 11) is 2.10. The Kier molecular flexibility index (Phi) is 2.94. The van der Waals surface area contributed by atoms with Crippen LogP contribution in [-0.2, 0) is 4.84 Å². The van der Waals surface area contributed by atoms with E-state index in [0.717, 1.165) is 32.9 Å². The van der Waals surface area contributed by atoms with Gasteiger partial charge in [0.05, 0.1) is 21.7 Å². The van der Waals surface area contributed by atoms with Gasteiger partial charge in [0.15, 0.2) is 5.84 Å². The van der Waals surface area contributed by atoms with Crippen molar-refractivity contribution in [3.05, 3.63) is 34.7 Å². The lowest BCUT2D eigenvalue weighted by Gasteiger charge is -2.52. The van der Waals surface area contributed by atoms with Crippen LogP contribution >= 0.6 is 11.3 Å². The zero-order chi connectivity index (χ0) is 16.3. The monoisotopic (exact) mass is 338 g/mol. The smallest absolute Gasteiger partial charge is 0.226 e. The molecule has 3 fully saturated rings. The molecule has 6 heteroatoms. The van der Waals surface area contributed by atoms with Gasteiger partial charge in [-0.2, -0.15) is 5.26 Å². The fourth-order valence-corrected chi connectivity index (χ4v) is 5.51. The number of nitriles is 1. The minimum absolute atomic E-state index is 0.305. The summed E-state index contributed by atoms with van der Waals surface area (Å²) in [6, 6.07) is 10.3. The maximum atomic E-state index is 9.32. The van der Waals surface area contributed by atoms with Gasteiger partial charge < -0.3 is 9.74 Å². The van der Waals surface area contributed by atoms with Gasteiger partial charge in [0.2, 0.25) is 5.72 Å². The number of hydrogen-bond acceptors (Lipinski definition) is 6. The Balaban J connectivity index is 1.54. The molecule has 0 aliphatic carbocycles. The fourth-order valence-electron chi connectivity index (χ4n) is 4.37. The van der Waals surface area contributed by atoms with E-state index >= 15 is 0 Å². The summed E-state index contributed by atoms with van der Waals surface area (Å²) >= 11 is 1.63. The molecular formula is C18H18N4OS. The van der Waals surface area contributed by atoms with Gasteiger partial charge >= 0.3 is 0 Å². The average molecular weight is 338 g/mol. The predicted molar refractivity (Wildman–Crippen MR) is 93.8 cm³/mol. The fraction of sp³-hybridized carbons (Fsp3) is 0.444. The van der Waals surface area contributed by atoms with E-state index in [0.29, 0.717) is 5.92 Å². The molecular weight excluding hydrogens is 320 g/mol. The maximum Gasteiger partial charge on any atom is 0.226 e. The number of hydrogen-bond donors (Lipinski definition) is 0. The number of thiophene rings is 1. The highest BCUT2D eigenvalue weighted by atomic mass is 32.1. The average Bonchev–Trinajstić information content (AvgIpc) is 3.18. The summed E-state index contributed by atoms with van der Waals surface area (Å²) < 4.78 is 1.03. The largest absolute Gasteiger partial charge is 0.363 e. The van der Waals surface area contributed by atoms with Crippen LogP contribution in [0.4, 0.5) is 0 Å². The number of amidine groups is 1. The SMILES string of the molecule is CN1C(c2cc3cccc(C#N)c3s2)=NO[C@@]12CN1CCC2CC1. The standard InChI is InChI=1S/C18H18N4OS/c1-21-17(15-9-12-3-2-4-13(10-19)16(12)24-15)20-23-18(21)11-22-7-5-14(18)6-8-22/h2-4,9,14H,5-8,11H2,1H3/t18-/m1/s1. The molecule has 3 saturated heterocycles. The van der Waals surface area contributed by atoms with Crippen molar-refractivity contribution in [1.82, 2.24) is 9.80 Å². The minimum Gasteiger partial charge on any atom is -0.363 e. The van der Waals surface area contributed by atoms with E-state index in [4.69, 9.17) is 4.84 Å². The Bertz CT molecular complexity index is 890. The molecule has 4 aliphatic rings. The van der Waals surface area contributed by atoms with Crippen LogP contribution in [0.15, 0.2) is 29.4 Å². The van der Waals surface area contributed by atoms with Crippen molar-refractivity contribution in [1.29, 1.82) is 5.26 Å². The Labute approximate surface area is 144 Å². The molecule has 2 bridgehead atoms. The molecule has 1 spiro atoms. The Morgan fingerprint density at radius 1 is 1.38 bits per heavy atom. The first-order chi connectivity index (χ1) is 11.7. The second kappa shape index (κ2) is 4.95. The van der Waals surface area contributed by atoms with E-state index in [-0.39, 0.29) is 5.72 Å². The van der Waals surface area contributed by atoms with Crippen LogP contribution in [0.3, 0.4) is 0 Å². The number of piperidine rings is 3. The summed E-state index contributed by atoms with van der Waals surface area (Å²) in [5.41, 5.74) is 0.420. The van der Waals surface area contributed by atoms with Crippen molar-refractivity contribution in [2.45, 2.75) is 18.6 Å². The van der Waals surface area contributed by atoms with Gasteiger partial charge in [-0.1, -0.05) is 17.3 Å². The summed E-state index contributed by atoms with van der Waals surface area (Å²) in [6.45, 7) is 3.27. The Morgan fingerprint density at radius 2 is 2.21 bits per heavy atom. The van der Waals surface area contributed by atoms with Crippen LogP contribution in [0.25, 0.3) is 10.1 Å². The molecule has 4 aliphatic heterocycles. The molecule has 0 amide bonds. The first-order valence-electron chi connectivity index (χ1n) is 8.37. The number of rotatable bonds is 1. The predicted octanol–water partition coefficient (Wildman–Crippen LogP) is 2.82. The van der Waals surface area contributed by atoms with Crippen molar-refractivity contribution in [2.24, 2.45) is 11.1 Å². The second-order valence-corrected chi connectivity index (χ2v) is 7.96. The maximum absolute atomic E-state index is 9.32. The number of fused-ring (bicyclic) bond motifs is 3. The van der Waals surface area contributed by atoms with Crippen LogP contribution < -0.4 is 0 Å². The zero-order valence-corrected chi connectivity index (χ0v) is 14.3. The topological polar surface area (TPSA) is 51.9 Å². The van der Waals surface area contributed by atoms with Gasteiger partial charge in [0.1, 0.15) is 6.07 Å². The molecule has 6 rings (SSSR count). The van der Waals surface area contributed by atoms with Crippen molar-refractivity contribution < 1.29 is 4.84 Å². The van der Waals surface area contributed by atoms with Crippen molar-refractivity contribution >= 4 is 27.3 Å². The van der Waals surface area contributed by atoms with Gasteiger partial charge in [-0.25, -0.2) is 0 Å². The molecule has 0 radical (unpaired) electrons. The summed E-state index contributed by atoms with van der Waals surface area (Å²) in [4.78, 5) is 11.8. The normalized spacial score (nSPS) is 31.3. The number of oxime groups is 1. The second-order valence-electron chi connectivity index (χ2n) is 6.91. The van der Waals surface area contributed by atoms with Crippen LogP contribution in [0.1, 0.15) is 23.3 Å². The Hall–Kier alpha value is -2.10. The molecule has 0 N–H and O–H groups in total. The number of nitrogens with zero attached hydrogens (tertiary/aromatic N) is 4. The summed E-state index contributed by atoms with van der Waals surface area (Å²) in [5, 5.41) is 14.9. The first kappa shape index (κ1) is 14.3. The van der Waals surface area contributed by atoms with E-state index in [2.05, 4.69) is 40.2 Å². The molecule has 1 aromatic carbocycles. The highest BCUT2D eigenvalue weighted by Crippen LogP contribution is 2.44. The lowest BCUT2D eigenvalue weighted by molar-refractivity contribution is -0.190. The third-order valence-corrected chi connectivity index (χ3v) is 6.92. The van der Waals surface area contributed by atoms with Crippen molar-refractivity contribution in [3.63, 3.8) is 0 Å². The van der Waals surface area contributed by atoms with Gasteiger partial charge in [0.25, 0.3) is 0 Å². The van der Waals surface area contributed by atoms with Crippen molar-refractivity contribution in [3.8, 4) is 6.07 Å². The molecule has 122 valence electrons. The lowest BCUT2D eigenvalue weighted by Crippen LogP contribution is -2.65. The van der Waals surface area contributed by atoms with E-state index in [1.54, 1.807) is 11.3 Å². The van der Waals surface area contributed by atoms with Crippen LogP contribution in [0.5, 0.6) is 0 Å². The molecule has 1 atom stereocenters. The van der Waals surface area contributed by atoms with Gasteiger partial charge in [-0.05, 0) is 43.5 Å². The molecule has 24 heavy (non-hydrogen) atoms. The van der Waals surface area contributed by atoms with Gasteiger partial charge in [-0.3, -0.25) is 4.90 Å². The molecule has 0 unspecified atom stereocenters. The molecule has 5 nitrogen and oxygen atoms in total. The van der Waals surface area contributed by atoms with E-state index < -0.39 is 0 Å². The number of likely N-dealkylation sites (N-methyl/N-ethyl adjacent to an activating group) is 1. The van der Waals surface area contributed by atoms with E-state index in [1.165, 1.54) is 25.9 Å². The molecule has 2 aromatic rings. The number of benzene rings is 1. The van der Waals surface area contributed by atoms with Crippen LogP contribution in [0, 0.1) is 17.2 Å². The zero-order valence-electron chi connectivity index (χ0n) is 13.5. The highest BCUT2D eigenvalue weighted by molar-refractivity contribution is 7.21. The van der Waals surface area contributed by atoms with Crippen LogP contribution in [0.2, 0.25) is 0 Å². The molecule has 1 aromatic heterocycles. The van der Waals surface area contributed by atoms with Gasteiger partial charge in [-0.15, -0.1) is 11.3 Å². The van der Waals surface area contributed by atoms with Gasteiger partial charge in [0, 0.05) is 13.0 Å². The van der Waals surface area contributed by atoms with E-state index in [9.17, 15) is 5.26 Å². The summed E-state index contributed by atoms with van der Waals surface area (Å²) in [5.74, 6) is 1.44. The summed E-state index contributed by atoms with van der Waals surface area (Å²) in [6.07, 6.45) is 2.36. The van der Waals surface area contributed by atoms with Crippen molar-refractivity contribution in [2.75, 3.05) is 26.7 Å². The first-order valence-corrected chi connectivity index (χ1v) is 9.18. The molecule has 5 heterocycles. The van der Waals surface area contributed by atoms with E-state index in [1.807, 2.05) is 12.1 Å². The minimum atomic E-state index is -0.305. The third kappa shape index (κ3) is 1.80. The highest BCUT2D eigenvalue weighted by Gasteiger charge is 2.56. The quantitative estimate of drug-likeness (QED) is 0.802. The van der Waals surface area contributed by atoms with Crippen LogP contribution in [-0.4, -0.2) is 48.0 Å². The lowest BCUT2D eigenvalue weighted by atomic mass is 9.80.